The second-order valence-electron chi connectivity index (χ2n) is 6.46. The van der Waals surface area contributed by atoms with Gasteiger partial charge in [-0.05, 0) is 26.3 Å². The second-order valence-corrected chi connectivity index (χ2v) is 6.46. The molecule has 0 radical (unpaired) electrons. The van der Waals surface area contributed by atoms with Crippen LogP contribution in [0.4, 0.5) is 4.79 Å². The van der Waals surface area contributed by atoms with Gasteiger partial charge in [0.05, 0.1) is 6.54 Å². The molecule has 7 heteroatoms. The molecule has 0 aromatic heterocycles. The van der Waals surface area contributed by atoms with Crippen LogP contribution >= 0.6 is 0 Å². The van der Waals surface area contributed by atoms with Crippen LogP contribution in [-0.2, 0) is 20.9 Å². The highest BCUT2D eigenvalue weighted by atomic mass is 16.5. The van der Waals surface area contributed by atoms with Crippen molar-refractivity contribution < 1.29 is 19.1 Å². The molecule has 0 heterocycles. The Morgan fingerprint density at radius 1 is 1.12 bits per heavy atom. The van der Waals surface area contributed by atoms with Gasteiger partial charge >= 0.3 is 6.09 Å². The number of alkyl carbamates (subject to hydrolysis) is 1. The lowest BCUT2D eigenvalue weighted by Gasteiger charge is -2.23. The topological polar surface area (TPSA) is 87.7 Å². The Kier molecular flexibility index (Phi) is 7.23. The molecule has 0 saturated heterocycles. The van der Waals surface area contributed by atoms with E-state index in [1.165, 1.54) is 11.9 Å². The summed E-state index contributed by atoms with van der Waals surface area (Å²) in [5.41, 5.74) is 0.496. The number of ether oxygens (including phenoxy) is 1. The van der Waals surface area contributed by atoms with Gasteiger partial charge in [-0.3, -0.25) is 9.59 Å². The summed E-state index contributed by atoms with van der Waals surface area (Å²) < 4.78 is 5.01. The van der Waals surface area contributed by atoms with Crippen LogP contribution in [0.25, 0.3) is 0 Å². The number of hydrogen-bond donors (Lipinski definition) is 2. The maximum absolute atomic E-state index is 11.9. The number of carbonyl (C=O) groups is 3. The molecule has 1 aromatic rings. The monoisotopic (exact) mass is 335 g/mol. The summed E-state index contributed by atoms with van der Waals surface area (Å²) in [6.45, 7) is 5.40. The van der Waals surface area contributed by atoms with Gasteiger partial charge in [-0.25, -0.2) is 4.79 Å². The minimum absolute atomic E-state index is 0.0726. The molecule has 1 rings (SSSR count). The molecule has 0 saturated carbocycles. The van der Waals surface area contributed by atoms with Gasteiger partial charge in [0.25, 0.3) is 0 Å². The van der Waals surface area contributed by atoms with Gasteiger partial charge in [0.1, 0.15) is 13.2 Å². The van der Waals surface area contributed by atoms with Gasteiger partial charge in [-0.15, -0.1) is 0 Å². The smallest absolute Gasteiger partial charge is 0.407 e. The van der Waals surface area contributed by atoms with Gasteiger partial charge in [0, 0.05) is 12.6 Å². The van der Waals surface area contributed by atoms with Crippen LogP contribution in [0.2, 0.25) is 0 Å². The third-order valence-corrected chi connectivity index (χ3v) is 2.92. The van der Waals surface area contributed by atoms with Crippen LogP contribution in [0.5, 0.6) is 0 Å². The summed E-state index contributed by atoms with van der Waals surface area (Å²) in [5.74, 6) is -0.638. The van der Waals surface area contributed by atoms with E-state index in [9.17, 15) is 14.4 Å². The molecular weight excluding hydrogens is 310 g/mol. The molecule has 132 valence electrons. The number of amides is 3. The lowest BCUT2D eigenvalue weighted by molar-refractivity contribution is -0.134. The Morgan fingerprint density at radius 3 is 2.33 bits per heavy atom. The summed E-state index contributed by atoms with van der Waals surface area (Å²) in [7, 11) is 1.50. The molecule has 1 aromatic carbocycles. The zero-order valence-corrected chi connectivity index (χ0v) is 14.6. The molecule has 0 atom stereocenters. The fourth-order valence-corrected chi connectivity index (χ4v) is 1.82. The zero-order chi connectivity index (χ0) is 18.2. The summed E-state index contributed by atoms with van der Waals surface area (Å²) >= 11 is 0. The molecule has 0 aliphatic rings. The number of carbonyl (C=O) groups excluding carboxylic acids is 3. The number of hydrogen-bond acceptors (Lipinski definition) is 4. The molecule has 0 bridgehead atoms. The van der Waals surface area contributed by atoms with Crippen LogP contribution in [-0.4, -0.2) is 48.5 Å². The van der Waals surface area contributed by atoms with Crippen molar-refractivity contribution in [3.05, 3.63) is 35.9 Å². The van der Waals surface area contributed by atoms with Gasteiger partial charge in [0.2, 0.25) is 11.8 Å². The number of benzene rings is 1. The van der Waals surface area contributed by atoms with E-state index in [1.54, 1.807) is 0 Å². The number of nitrogens with one attached hydrogen (secondary N) is 2. The zero-order valence-electron chi connectivity index (χ0n) is 14.6. The normalized spacial score (nSPS) is 10.7. The Morgan fingerprint density at radius 2 is 1.75 bits per heavy atom. The van der Waals surface area contributed by atoms with Gasteiger partial charge in [-0.1, -0.05) is 30.3 Å². The first-order valence-electron chi connectivity index (χ1n) is 7.67. The molecule has 0 spiro atoms. The van der Waals surface area contributed by atoms with E-state index in [-0.39, 0.29) is 37.0 Å². The average Bonchev–Trinajstić information content (AvgIpc) is 2.49. The molecular formula is C17H25N3O4. The van der Waals surface area contributed by atoms with Crippen molar-refractivity contribution in [2.45, 2.75) is 32.9 Å². The minimum Gasteiger partial charge on any atom is -0.445 e. The van der Waals surface area contributed by atoms with Crippen molar-refractivity contribution in [3.63, 3.8) is 0 Å². The highest BCUT2D eigenvalue weighted by Crippen LogP contribution is 2.00. The average molecular weight is 335 g/mol. The van der Waals surface area contributed by atoms with Gasteiger partial charge in [-0.2, -0.15) is 0 Å². The van der Waals surface area contributed by atoms with E-state index in [4.69, 9.17) is 4.74 Å². The standard InChI is InChI=1S/C17H25N3O4/c1-17(2,3)19-14(21)11-20(4)15(22)10-18-16(23)24-12-13-8-6-5-7-9-13/h5-9H,10-12H2,1-4H3,(H,18,23)(H,19,21). The highest BCUT2D eigenvalue weighted by Gasteiger charge is 2.18. The molecule has 3 amide bonds. The van der Waals surface area contributed by atoms with E-state index >= 15 is 0 Å². The Balaban J connectivity index is 2.29. The van der Waals surface area contributed by atoms with Crippen molar-refractivity contribution in [2.24, 2.45) is 0 Å². The lowest BCUT2D eigenvalue weighted by atomic mass is 10.1. The third-order valence-electron chi connectivity index (χ3n) is 2.92. The SMILES string of the molecule is CN(CC(=O)NC(C)(C)C)C(=O)CNC(=O)OCc1ccccc1. The number of rotatable bonds is 6. The summed E-state index contributed by atoms with van der Waals surface area (Å²) in [6, 6.07) is 9.23. The van der Waals surface area contributed by atoms with E-state index in [0.717, 1.165) is 5.56 Å². The molecule has 7 nitrogen and oxygen atoms in total. The Labute approximate surface area is 142 Å². The van der Waals surface area contributed by atoms with Crippen molar-refractivity contribution in [1.29, 1.82) is 0 Å². The number of nitrogens with zero attached hydrogens (tertiary/aromatic N) is 1. The molecule has 0 aliphatic carbocycles. The molecule has 0 aliphatic heterocycles. The molecule has 24 heavy (non-hydrogen) atoms. The highest BCUT2D eigenvalue weighted by molar-refractivity contribution is 5.87. The summed E-state index contributed by atoms with van der Waals surface area (Å²) in [6.07, 6.45) is -0.681. The van der Waals surface area contributed by atoms with Crippen LogP contribution < -0.4 is 10.6 Å². The fourth-order valence-electron chi connectivity index (χ4n) is 1.82. The van der Waals surface area contributed by atoms with Crippen LogP contribution in [0, 0.1) is 0 Å². The molecule has 2 N–H and O–H groups in total. The second kappa shape index (κ2) is 8.90. The molecule has 0 fully saturated rings. The molecule has 0 unspecified atom stereocenters. The maximum Gasteiger partial charge on any atom is 0.407 e. The van der Waals surface area contributed by atoms with Crippen molar-refractivity contribution >= 4 is 17.9 Å². The first kappa shape index (κ1) is 19.5. The largest absolute Gasteiger partial charge is 0.445 e. The fraction of sp³-hybridized carbons (Fsp3) is 0.471. The van der Waals surface area contributed by atoms with E-state index in [1.807, 2.05) is 51.1 Å². The van der Waals surface area contributed by atoms with E-state index < -0.39 is 6.09 Å². The summed E-state index contributed by atoms with van der Waals surface area (Å²) in [5, 5.41) is 5.13. The Hall–Kier alpha value is -2.57. The van der Waals surface area contributed by atoms with Crippen LogP contribution in [0.3, 0.4) is 0 Å². The van der Waals surface area contributed by atoms with Gasteiger partial charge in [0.15, 0.2) is 0 Å². The van der Waals surface area contributed by atoms with Crippen molar-refractivity contribution in [1.82, 2.24) is 15.5 Å². The summed E-state index contributed by atoms with van der Waals surface area (Å²) in [4.78, 5) is 36.5. The first-order valence-corrected chi connectivity index (χ1v) is 7.67. The Bertz CT molecular complexity index is 567. The van der Waals surface area contributed by atoms with Crippen LogP contribution in [0.1, 0.15) is 26.3 Å². The number of likely N-dealkylation sites (N-methyl/N-ethyl adjacent to an activating group) is 1. The lowest BCUT2D eigenvalue weighted by Crippen LogP contribution is -2.47. The minimum atomic E-state index is -0.681. The van der Waals surface area contributed by atoms with E-state index in [2.05, 4.69) is 10.6 Å². The maximum atomic E-state index is 11.9. The predicted octanol–water partition coefficient (Wildman–Crippen LogP) is 1.29. The van der Waals surface area contributed by atoms with Crippen LogP contribution in [0.15, 0.2) is 30.3 Å². The van der Waals surface area contributed by atoms with Crippen molar-refractivity contribution in [2.75, 3.05) is 20.1 Å². The first-order chi connectivity index (χ1) is 11.2. The van der Waals surface area contributed by atoms with Crippen molar-refractivity contribution in [3.8, 4) is 0 Å². The van der Waals surface area contributed by atoms with E-state index in [0.29, 0.717) is 0 Å². The predicted molar refractivity (Wildman–Crippen MR) is 90.2 cm³/mol. The van der Waals surface area contributed by atoms with Gasteiger partial charge < -0.3 is 20.3 Å². The quantitative estimate of drug-likeness (QED) is 0.820. The third kappa shape index (κ3) is 8.17.